The Kier molecular flexibility index (Phi) is 3.80. The van der Waals surface area contributed by atoms with Crippen LogP contribution in [0.25, 0.3) is 5.69 Å². The number of aryl methyl sites for hydroxylation is 1. The second-order valence-corrected chi connectivity index (χ2v) is 7.19. The summed E-state index contributed by atoms with van der Waals surface area (Å²) in [6, 6.07) is 19.2. The molecule has 0 saturated heterocycles. The van der Waals surface area contributed by atoms with E-state index in [1.54, 1.807) is 0 Å². The number of benzene rings is 2. The Labute approximate surface area is 151 Å². The molecule has 1 fully saturated rings. The molecule has 5 heteroatoms. The van der Waals surface area contributed by atoms with E-state index in [1.807, 2.05) is 49.4 Å². The van der Waals surface area contributed by atoms with Gasteiger partial charge in [0.15, 0.2) is 0 Å². The highest BCUT2D eigenvalue weighted by Gasteiger charge is 2.52. The van der Waals surface area contributed by atoms with Gasteiger partial charge in [-0.25, -0.2) is 4.68 Å². The lowest BCUT2D eigenvalue weighted by Crippen LogP contribution is -2.30. The molecule has 2 unspecified atom stereocenters. The summed E-state index contributed by atoms with van der Waals surface area (Å²) in [7, 11) is 0. The third-order valence-electron chi connectivity index (χ3n) is 5.23. The van der Waals surface area contributed by atoms with Crippen molar-refractivity contribution in [2.24, 2.45) is 0 Å². The van der Waals surface area contributed by atoms with E-state index in [4.69, 9.17) is 0 Å². The number of H-pyrrole nitrogens is 1. The maximum Gasteiger partial charge on any atom is 0.271 e. The van der Waals surface area contributed by atoms with Crippen LogP contribution in [-0.2, 0) is 5.41 Å². The van der Waals surface area contributed by atoms with Crippen LogP contribution in [-0.4, -0.2) is 21.7 Å². The van der Waals surface area contributed by atoms with Crippen LogP contribution in [0.5, 0.6) is 0 Å². The molecule has 0 spiro atoms. The largest absolute Gasteiger partial charge is 0.347 e. The van der Waals surface area contributed by atoms with Gasteiger partial charge in [0, 0.05) is 17.5 Å². The molecule has 1 aromatic heterocycles. The van der Waals surface area contributed by atoms with Crippen LogP contribution < -0.4 is 10.9 Å². The SMILES string of the molecule is Cc1ccc(-n2[nH]c(C(=O)NC3CC3(C)c3ccccc3)cc2=O)cc1. The molecule has 2 N–H and O–H groups in total. The van der Waals surface area contributed by atoms with Gasteiger partial charge in [0.25, 0.3) is 11.5 Å². The number of nitrogens with zero attached hydrogens (tertiary/aromatic N) is 1. The molecule has 1 saturated carbocycles. The summed E-state index contributed by atoms with van der Waals surface area (Å²) in [5.74, 6) is -0.252. The summed E-state index contributed by atoms with van der Waals surface area (Å²) in [6.45, 7) is 4.13. The first-order valence-corrected chi connectivity index (χ1v) is 8.73. The zero-order valence-electron chi connectivity index (χ0n) is 14.8. The molecule has 0 aliphatic heterocycles. The van der Waals surface area contributed by atoms with Gasteiger partial charge in [-0.15, -0.1) is 0 Å². The van der Waals surface area contributed by atoms with Gasteiger partial charge in [0.1, 0.15) is 5.69 Å². The third kappa shape index (κ3) is 2.86. The van der Waals surface area contributed by atoms with Crippen LogP contribution in [0.15, 0.2) is 65.5 Å². The van der Waals surface area contributed by atoms with Crippen molar-refractivity contribution in [1.29, 1.82) is 0 Å². The Morgan fingerprint density at radius 3 is 2.54 bits per heavy atom. The molecule has 132 valence electrons. The minimum Gasteiger partial charge on any atom is -0.347 e. The lowest BCUT2D eigenvalue weighted by molar-refractivity contribution is 0.0943. The number of nitrogens with one attached hydrogen (secondary N) is 2. The normalized spacial score (nSPS) is 21.4. The monoisotopic (exact) mass is 347 g/mol. The van der Waals surface area contributed by atoms with E-state index < -0.39 is 0 Å². The molecular weight excluding hydrogens is 326 g/mol. The summed E-state index contributed by atoms with van der Waals surface area (Å²) in [5, 5.41) is 5.95. The van der Waals surface area contributed by atoms with E-state index in [0.29, 0.717) is 5.69 Å². The molecule has 0 bridgehead atoms. The minimum atomic E-state index is -0.252. The van der Waals surface area contributed by atoms with E-state index in [2.05, 4.69) is 29.5 Å². The van der Waals surface area contributed by atoms with Gasteiger partial charge in [-0.1, -0.05) is 55.0 Å². The Balaban J connectivity index is 1.51. The quantitative estimate of drug-likeness (QED) is 0.762. The van der Waals surface area contributed by atoms with Gasteiger partial charge < -0.3 is 5.32 Å². The molecule has 3 aromatic rings. The smallest absolute Gasteiger partial charge is 0.271 e. The van der Waals surface area contributed by atoms with Gasteiger partial charge in [-0.3, -0.25) is 14.7 Å². The summed E-state index contributed by atoms with van der Waals surface area (Å²) in [6.07, 6.45) is 0.895. The van der Waals surface area contributed by atoms with Gasteiger partial charge in [-0.2, -0.15) is 0 Å². The molecule has 2 atom stereocenters. The Morgan fingerprint density at radius 2 is 1.85 bits per heavy atom. The first-order chi connectivity index (χ1) is 12.5. The predicted molar refractivity (Wildman–Crippen MR) is 101 cm³/mol. The average molecular weight is 347 g/mol. The fraction of sp³-hybridized carbons (Fsp3) is 0.238. The molecule has 4 rings (SSSR count). The maximum atomic E-state index is 12.6. The second kappa shape index (κ2) is 6.02. The van der Waals surface area contributed by atoms with Crippen LogP contribution in [0.4, 0.5) is 0 Å². The highest BCUT2D eigenvalue weighted by Crippen LogP contribution is 2.47. The molecule has 1 aliphatic rings. The molecule has 26 heavy (non-hydrogen) atoms. The Hall–Kier alpha value is -3.08. The molecule has 0 radical (unpaired) electrons. The number of amides is 1. The molecule has 1 heterocycles. The number of aromatic amines is 1. The topological polar surface area (TPSA) is 66.9 Å². The fourth-order valence-corrected chi connectivity index (χ4v) is 3.35. The third-order valence-corrected chi connectivity index (χ3v) is 5.23. The molecular formula is C21H21N3O2. The van der Waals surface area contributed by atoms with Crippen LogP contribution in [0.3, 0.4) is 0 Å². The minimum absolute atomic E-state index is 0.0449. The lowest BCUT2D eigenvalue weighted by atomic mass is 9.97. The highest BCUT2D eigenvalue weighted by atomic mass is 16.2. The molecule has 2 aromatic carbocycles. The van der Waals surface area contributed by atoms with Crippen molar-refractivity contribution in [3.8, 4) is 5.69 Å². The van der Waals surface area contributed by atoms with Crippen molar-refractivity contribution in [2.75, 3.05) is 0 Å². The fourth-order valence-electron chi connectivity index (χ4n) is 3.35. The predicted octanol–water partition coefficient (Wildman–Crippen LogP) is 2.93. The Bertz CT molecular complexity index is 1000. The van der Waals surface area contributed by atoms with E-state index in [0.717, 1.165) is 12.0 Å². The molecule has 1 amide bonds. The van der Waals surface area contributed by atoms with E-state index in [9.17, 15) is 9.59 Å². The van der Waals surface area contributed by atoms with Crippen molar-refractivity contribution in [3.63, 3.8) is 0 Å². The number of carbonyl (C=O) groups is 1. The van der Waals surface area contributed by atoms with Crippen molar-refractivity contribution in [1.82, 2.24) is 15.1 Å². The van der Waals surface area contributed by atoms with E-state index in [-0.39, 0.29) is 28.6 Å². The lowest BCUT2D eigenvalue weighted by Gasteiger charge is -2.12. The van der Waals surface area contributed by atoms with Crippen molar-refractivity contribution >= 4 is 5.91 Å². The van der Waals surface area contributed by atoms with Crippen LogP contribution in [0.2, 0.25) is 0 Å². The number of aromatic nitrogens is 2. The van der Waals surface area contributed by atoms with Crippen LogP contribution in [0.1, 0.15) is 35.0 Å². The van der Waals surface area contributed by atoms with E-state index >= 15 is 0 Å². The van der Waals surface area contributed by atoms with Crippen molar-refractivity contribution in [3.05, 3.63) is 87.8 Å². The van der Waals surface area contributed by atoms with Gasteiger partial charge >= 0.3 is 0 Å². The number of rotatable bonds is 4. The summed E-state index contributed by atoms with van der Waals surface area (Å²) in [5.41, 5.74) is 3.02. The average Bonchev–Trinajstić information content (AvgIpc) is 3.13. The first-order valence-electron chi connectivity index (χ1n) is 8.73. The summed E-state index contributed by atoms with van der Waals surface area (Å²) < 4.78 is 1.39. The first kappa shape index (κ1) is 16.4. The van der Waals surface area contributed by atoms with Crippen molar-refractivity contribution < 1.29 is 4.79 Å². The number of hydrogen-bond acceptors (Lipinski definition) is 2. The maximum absolute atomic E-state index is 12.6. The number of hydrogen-bond donors (Lipinski definition) is 2. The second-order valence-electron chi connectivity index (χ2n) is 7.19. The van der Waals surface area contributed by atoms with Gasteiger partial charge in [0.2, 0.25) is 0 Å². The summed E-state index contributed by atoms with van der Waals surface area (Å²) >= 11 is 0. The number of carbonyl (C=O) groups excluding carboxylic acids is 1. The van der Waals surface area contributed by atoms with E-state index in [1.165, 1.54) is 16.3 Å². The zero-order valence-corrected chi connectivity index (χ0v) is 14.8. The van der Waals surface area contributed by atoms with Gasteiger partial charge in [-0.05, 0) is 31.0 Å². The molecule has 1 aliphatic carbocycles. The van der Waals surface area contributed by atoms with Crippen LogP contribution in [0, 0.1) is 6.92 Å². The van der Waals surface area contributed by atoms with Gasteiger partial charge in [0.05, 0.1) is 5.69 Å². The summed E-state index contributed by atoms with van der Waals surface area (Å²) in [4.78, 5) is 24.8. The zero-order chi connectivity index (χ0) is 18.3. The molecule has 5 nitrogen and oxygen atoms in total. The highest BCUT2D eigenvalue weighted by molar-refractivity contribution is 5.92. The van der Waals surface area contributed by atoms with Crippen molar-refractivity contribution in [2.45, 2.75) is 31.7 Å². The van der Waals surface area contributed by atoms with Crippen LogP contribution >= 0.6 is 0 Å². The Morgan fingerprint density at radius 1 is 1.15 bits per heavy atom. The standard InChI is InChI=1S/C21H21N3O2/c1-14-8-10-16(11-9-14)24-19(25)12-17(23-24)20(26)22-18-13-21(18,2)15-6-4-3-5-7-15/h3-12,18,23H,13H2,1-2H3,(H,22,26).